The minimum Gasteiger partial charge on any atom is -0.340 e. The summed E-state index contributed by atoms with van der Waals surface area (Å²) in [7, 11) is 0. The zero-order valence-corrected chi connectivity index (χ0v) is 14.6. The first-order chi connectivity index (χ1) is 12.9. The van der Waals surface area contributed by atoms with Gasteiger partial charge in [-0.25, -0.2) is 9.78 Å². The van der Waals surface area contributed by atoms with Gasteiger partial charge in [0.05, 0.1) is 17.4 Å². The summed E-state index contributed by atoms with van der Waals surface area (Å²) in [6.07, 6.45) is 2.51. The van der Waals surface area contributed by atoms with E-state index < -0.39 is 11.7 Å². The minimum atomic E-state index is -4.40. The molecule has 0 atom stereocenters. The molecular formula is C19H21F3N4O. The van der Waals surface area contributed by atoms with Crippen molar-refractivity contribution < 1.29 is 18.0 Å². The average molecular weight is 378 g/mol. The SMILES string of the molecule is O=C(Nc1ccc(Nc2cccc(C(F)(F)F)c2)nc1)NC1CCCCC1. The number of carbonyl (C=O) groups excluding carboxylic acids is 1. The molecule has 0 aliphatic heterocycles. The molecule has 2 amide bonds. The number of hydrogen-bond donors (Lipinski definition) is 3. The van der Waals surface area contributed by atoms with E-state index in [9.17, 15) is 18.0 Å². The number of rotatable bonds is 4. The number of aromatic nitrogens is 1. The minimum absolute atomic E-state index is 0.202. The lowest BCUT2D eigenvalue weighted by molar-refractivity contribution is -0.137. The van der Waals surface area contributed by atoms with E-state index in [1.54, 1.807) is 12.1 Å². The van der Waals surface area contributed by atoms with Crippen LogP contribution in [0.25, 0.3) is 0 Å². The third-order valence-electron chi connectivity index (χ3n) is 4.42. The van der Waals surface area contributed by atoms with Gasteiger partial charge in [-0.15, -0.1) is 0 Å². The summed E-state index contributed by atoms with van der Waals surface area (Å²) in [5, 5.41) is 8.49. The van der Waals surface area contributed by atoms with E-state index in [4.69, 9.17) is 0 Å². The first-order valence-corrected chi connectivity index (χ1v) is 8.88. The Bertz CT molecular complexity index is 771. The molecule has 1 fully saturated rings. The lowest BCUT2D eigenvalue weighted by Gasteiger charge is -2.22. The van der Waals surface area contributed by atoms with E-state index in [0.29, 0.717) is 11.5 Å². The number of benzene rings is 1. The Balaban J connectivity index is 1.56. The van der Waals surface area contributed by atoms with Crippen LogP contribution in [0, 0.1) is 0 Å². The molecule has 0 saturated heterocycles. The van der Waals surface area contributed by atoms with E-state index in [2.05, 4.69) is 20.9 Å². The standard InChI is InChI=1S/C19H21F3N4O/c20-19(21,22)13-5-4-8-15(11-13)24-17-10-9-16(12-23-17)26-18(27)25-14-6-2-1-3-7-14/h4-5,8-12,14H,1-3,6-7H2,(H,23,24)(H2,25,26,27). The number of hydrogen-bond acceptors (Lipinski definition) is 3. The normalized spacial score (nSPS) is 15.2. The molecule has 2 aromatic rings. The van der Waals surface area contributed by atoms with Gasteiger partial charge in [0.15, 0.2) is 0 Å². The molecule has 0 unspecified atom stereocenters. The Hall–Kier alpha value is -2.77. The van der Waals surface area contributed by atoms with Crippen LogP contribution >= 0.6 is 0 Å². The second-order valence-corrected chi connectivity index (χ2v) is 6.57. The second kappa shape index (κ2) is 8.28. The number of amides is 2. The highest BCUT2D eigenvalue weighted by Crippen LogP contribution is 2.31. The summed E-state index contributed by atoms with van der Waals surface area (Å²) in [6.45, 7) is 0. The number of pyridine rings is 1. The second-order valence-electron chi connectivity index (χ2n) is 6.57. The van der Waals surface area contributed by atoms with Crippen molar-refractivity contribution in [1.29, 1.82) is 0 Å². The molecular weight excluding hydrogens is 357 g/mol. The molecule has 0 spiro atoms. The van der Waals surface area contributed by atoms with Crippen molar-refractivity contribution in [1.82, 2.24) is 10.3 Å². The van der Waals surface area contributed by atoms with E-state index >= 15 is 0 Å². The van der Waals surface area contributed by atoms with Gasteiger partial charge in [0.25, 0.3) is 0 Å². The van der Waals surface area contributed by atoms with Crippen LogP contribution in [0.4, 0.5) is 35.2 Å². The monoisotopic (exact) mass is 378 g/mol. The highest BCUT2D eigenvalue weighted by Gasteiger charge is 2.30. The molecule has 1 aromatic carbocycles. The Morgan fingerprint density at radius 2 is 1.81 bits per heavy atom. The van der Waals surface area contributed by atoms with E-state index in [-0.39, 0.29) is 17.8 Å². The lowest BCUT2D eigenvalue weighted by Crippen LogP contribution is -2.39. The first kappa shape index (κ1) is 19.0. The summed E-state index contributed by atoms with van der Waals surface area (Å²) < 4.78 is 38.3. The fourth-order valence-corrected chi connectivity index (χ4v) is 3.06. The van der Waals surface area contributed by atoms with Crippen molar-refractivity contribution in [2.45, 2.75) is 44.3 Å². The fourth-order valence-electron chi connectivity index (χ4n) is 3.06. The Labute approximate surface area is 155 Å². The molecule has 1 aliphatic rings. The lowest BCUT2D eigenvalue weighted by atomic mass is 9.96. The molecule has 1 heterocycles. The maximum atomic E-state index is 12.8. The van der Waals surface area contributed by atoms with Gasteiger partial charge >= 0.3 is 12.2 Å². The van der Waals surface area contributed by atoms with E-state index in [0.717, 1.165) is 37.8 Å². The summed E-state index contributed by atoms with van der Waals surface area (Å²) in [5.74, 6) is 0.382. The molecule has 3 N–H and O–H groups in total. The van der Waals surface area contributed by atoms with Crippen LogP contribution < -0.4 is 16.0 Å². The molecule has 1 aromatic heterocycles. The highest BCUT2D eigenvalue weighted by molar-refractivity contribution is 5.89. The number of alkyl halides is 3. The van der Waals surface area contributed by atoms with Crippen molar-refractivity contribution in [2.24, 2.45) is 0 Å². The highest BCUT2D eigenvalue weighted by atomic mass is 19.4. The zero-order valence-electron chi connectivity index (χ0n) is 14.6. The van der Waals surface area contributed by atoms with Gasteiger partial charge in [0, 0.05) is 11.7 Å². The largest absolute Gasteiger partial charge is 0.416 e. The third kappa shape index (κ3) is 5.60. The van der Waals surface area contributed by atoms with Crippen molar-refractivity contribution >= 4 is 23.2 Å². The summed E-state index contributed by atoms with van der Waals surface area (Å²) in [4.78, 5) is 16.1. The fraction of sp³-hybridized carbons (Fsp3) is 0.368. The van der Waals surface area contributed by atoms with Crippen LogP contribution in [-0.4, -0.2) is 17.1 Å². The van der Waals surface area contributed by atoms with E-state index in [1.807, 2.05) is 0 Å². The van der Waals surface area contributed by atoms with Gasteiger partial charge in [-0.3, -0.25) is 0 Å². The van der Waals surface area contributed by atoms with Gasteiger partial charge in [-0.2, -0.15) is 13.2 Å². The van der Waals surface area contributed by atoms with Crippen LogP contribution in [0.5, 0.6) is 0 Å². The van der Waals surface area contributed by atoms with Crippen molar-refractivity contribution in [3.05, 3.63) is 48.2 Å². The maximum Gasteiger partial charge on any atom is 0.416 e. The Kier molecular flexibility index (Phi) is 5.83. The summed E-state index contributed by atoms with van der Waals surface area (Å²) >= 11 is 0. The molecule has 1 saturated carbocycles. The number of nitrogens with one attached hydrogen (secondary N) is 3. The first-order valence-electron chi connectivity index (χ1n) is 8.88. The molecule has 0 bridgehead atoms. The Morgan fingerprint density at radius 1 is 1.04 bits per heavy atom. The van der Waals surface area contributed by atoms with Crippen LogP contribution in [0.3, 0.4) is 0 Å². The topological polar surface area (TPSA) is 66.0 Å². The average Bonchev–Trinajstić information content (AvgIpc) is 2.64. The molecule has 5 nitrogen and oxygen atoms in total. The molecule has 3 rings (SSSR count). The number of nitrogens with zero attached hydrogens (tertiary/aromatic N) is 1. The summed E-state index contributed by atoms with van der Waals surface area (Å²) in [6, 6.07) is 8.05. The summed E-state index contributed by atoms with van der Waals surface area (Å²) in [5.41, 5.74) is 0.0659. The van der Waals surface area contributed by atoms with E-state index in [1.165, 1.54) is 24.8 Å². The van der Waals surface area contributed by atoms with Crippen molar-refractivity contribution in [2.75, 3.05) is 10.6 Å². The zero-order chi connectivity index (χ0) is 19.3. The number of halogens is 3. The molecule has 144 valence electrons. The maximum absolute atomic E-state index is 12.8. The Morgan fingerprint density at radius 3 is 2.48 bits per heavy atom. The van der Waals surface area contributed by atoms with Gasteiger partial charge in [0.1, 0.15) is 5.82 Å². The molecule has 1 aliphatic carbocycles. The number of anilines is 3. The third-order valence-corrected chi connectivity index (χ3v) is 4.42. The predicted molar refractivity (Wildman–Crippen MR) is 98.0 cm³/mol. The van der Waals surface area contributed by atoms with Gasteiger partial charge in [0.2, 0.25) is 0 Å². The predicted octanol–water partition coefficient (Wildman–Crippen LogP) is 5.30. The molecule has 27 heavy (non-hydrogen) atoms. The number of urea groups is 1. The van der Waals surface area contributed by atoms with Crippen molar-refractivity contribution in [3.8, 4) is 0 Å². The van der Waals surface area contributed by atoms with Gasteiger partial charge in [-0.05, 0) is 43.2 Å². The van der Waals surface area contributed by atoms with Crippen molar-refractivity contribution in [3.63, 3.8) is 0 Å². The van der Waals surface area contributed by atoms with Crippen LogP contribution in [0.2, 0.25) is 0 Å². The van der Waals surface area contributed by atoms with Gasteiger partial charge in [-0.1, -0.05) is 25.3 Å². The molecule has 8 heteroatoms. The van der Waals surface area contributed by atoms with Gasteiger partial charge < -0.3 is 16.0 Å². The van der Waals surface area contributed by atoms with Crippen LogP contribution in [-0.2, 0) is 6.18 Å². The van der Waals surface area contributed by atoms with Crippen LogP contribution in [0.1, 0.15) is 37.7 Å². The number of carbonyl (C=O) groups is 1. The molecule has 0 radical (unpaired) electrons. The van der Waals surface area contributed by atoms with Crippen LogP contribution in [0.15, 0.2) is 42.6 Å². The quantitative estimate of drug-likeness (QED) is 0.676. The smallest absolute Gasteiger partial charge is 0.340 e.